The molecule has 21 heavy (non-hydrogen) atoms. The molecule has 0 aliphatic heterocycles. The molecule has 0 aromatic carbocycles. The highest BCUT2D eigenvalue weighted by molar-refractivity contribution is 5.94. The van der Waals surface area contributed by atoms with Crippen LogP contribution in [0, 0.1) is 0 Å². The first kappa shape index (κ1) is 14.6. The molecule has 0 aliphatic carbocycles. The number of pyridine rings is 1. The van der Waals surface area contributed by atoms with Crippen LogP contribution in [0.1, 0.15) is 21.8 Å². The number of furan rings is 1. The molecule has 110 valence electrons. The minimum absolute atomic E-state index is 0.186. The Hall–Kier alpha value is -2.83. The second-order valence-electron chi connectivity index (χ2n) is 4.14. The molecule has 0 radical (unpaired) electrons. The number of carbonyl (C=O) groups excluding carboxylic acids is 2. The molecule has 0 saturated carbocycles. The highest BCUT2D eigenvalue weighted by Crippen LogP contribution is 2.04. The maximum atomic E-state index is 12.0. The van der Waals surface area contributed by atoms with E-state index in [2.05, 4.69) is 20.4 Å². The summed E-state index contributed by atoms with van der Waals surface area (Å²) in [5.41, 5.74) is 1.02. The topological polar surface area (TPSA) is 93.5 Å². The van der Waals surface area contributed by atoms with E-state index in [9.17, 15) is 9.59 Å². The number of hydrogen-bond donors (Lipinski definition) is 2. The van der Waals surface area contributed by atoms with Gasteiger partial charge in [0.05, 0.1) is 32.2 Å². The van der Waals surface area contributed by atoms with Crippen LogP contribution in [0.5, 0.6) is 0 Å². The van der Waals surface area contributed by atoms with Gasteiger partial charge >= 0.3 is 6.09 Å². The molecule has 0 aliphatic rings. The summed E-state index contributed by atoms with van der Waals surface area (Å²) in [5.74, 6) is 0.429. The molecule has 0 atom stereocenters. The highest BCUT2D eigenvalue weighted by atomic mass is 16.5. The SMILES string of the molecule is COC(=O)NCc1cc(C(=O)NCc2ccco2)ccn1. The molecule has 7 nitrogen and oxygen atoms in total. The van der Waals surface area contributed by atoms with Crippen molar-refractivity contribution in [2.24, 2.45) is 0 Å². The van der Waals surface area contributed by atoms with Crippen molar-refractivity contribution in [3.63, 3.8) is 0 Å². The molecule has 0 unspecified atom stereocenters. The largest absolute Gasteiger partial charge is 0.467 e. The normalized spacial score (nSPS) is 9.95. The van der Waals surface area contributed by atoms with E-state index in [1.165, 1.54) is 13.3 Å². The molecule has 2 aromatic heterocycles. The van der Waals surface area contributed by atoms with E-state index in [0.717, 1.165) is 0 Å². The van der Waals surface area contributed by atoms with Gasteiger partial charge in [0.15, 0.2) is 0 Å². The number of nitrogens with one attached hydrogen (secondary N) is 2. The predicted molar refractivity (Wildman–Crippen MR) is 73.4 cm³/mol. The lowest BCUT2D eigenvalue weighted by Gasteiger charge is -2.06. The average molecular weight is 289 g/mol. The summed E-state index contributed by atoms with van der Waals surface area (Å²) >= 11 is 0. The fraction of sp³-hybridized carbons (Fsp3) is 0.214. The zero-order valence-corrected chi connectivity index (χ0v) is 11.5. The fourth-order valence-electron chi connectivity index (χ4n) is 1.63. The Morgan fingerprint density at radius 3 is 2.86 bits per heavy atom. The van der Waals surface area contributed by atoms with Crippen LogP contribution in [0.2, 0.25) is 0 Å². The summed E-state index contributed by atoms with van der Waals surface area (Å²) < 4.78 is 9.59. The van der Waals surface area contributed by atoms with Crippen LogP contribution in [-0.2, 0) is 17.8 Å². The molecule has 2 aromatic rings. The lowest BCUT2D eigenvalue weighted by atomic mass is 10.2. The van der Waals surface area contributed by atoms with Crippen molar-refractivity contribution in [3.8, 4) is 0 Å². The van der Waals surface area contributed by atoms with Crippen molar-refractivity contribution in [2.75, 3.05) is 7.11 Å². The van der Waals surface area contributed by atoms with E-state index in [-0.39, 0.29) is 12.5 Å². The Bertz CT molecular complexity index is 610. The summed E-state index contributed by atoms with van der Waals surface area (Å²) in [6, 6.07) is 6.73. The number of nitrogens with zero attached hydrogens (tertiary/aromatic N) is 1. The number of alkyl carbamates (subject to hydrolysis) is 1. The zero-order valence-electron chi connectivity index (χ0n) is 11.5. The zero-order chi connectivity index (χ0) is 15.1. The van der Waals surface area contributed by atoms with Gasteiger partial charge in [-0.2, -0.15) is 0 Å². The molecule has 2 amide bonds. The van der Waals surface area contributed by atoms with Crippen molar-refractivity contribution in [1.29, 1.82) is 0 Å². The lowest BCUT2D eigenvalue weighted by Crippen LogP contribution is -2.24. The summed E-state index contributed by atoms with van der Waals surface area (Å²) in [6.45, 7) is 0.496. The quantitative estimate of drug-likeness (QED) is 0.869. The Balaban J connectivity index is 1.93. The Morgan fingerprint density at radius 2 is 2.14 bits per heavy atom. The smallest absolute Gasteiger partial charge is 0.407 e. The van der Waals surface area contributed by atoms with Gasteiger partial charge in [-0.25, -0.2) is 4.79 Å². The van der Waals surface area contributed by atoms with E-state index < -0.39 is 6.09 Å². The Kier molecular flexibility index (Phi) is 4.92. The summed E-state index contributed by atoms with van der Waals surface area (Å²) in [6.07, 6.45) is 2.50. The first-order valence-corrected chi connectivity index (χ1v) is 6.26. The molecule has 0 fully saturated rings. The molecule has 2 rings (SSSR count). The van der Waals surface area contributed by atoms with Crippen LogP contribution in [0.25, 0.3) is 0 Å². The fourth-order valence-corrected chi connectivity index (χ4v) is 1.63. The molecule has 7 heteroatoms. The number of carbonyl (C=O) groups is 2. The van der Waals surface area contributed by atoms with Gasteiger partial charge in [0, 0.05) is 11.8 Å². The monoisotopic (exact) mass is 289 g/mol. The number of aromatic nitrogens is 1. The van der Waals surface area contributed by atoms with Crippen LogP contribution in [-0.4, -0.2) is 24.1 Å². The van der Waals surface area contributed by atoms with Crippen molar-refractivity contribution in [2.45, 2.75) is 13.1 Å². The second kappa shape index (κ2) is 7.09. The average Bonchev–Trinajstić information content (AvgIpc) is 3.04. The number of ether oxygens (including phenoxy) is 1. The molecular weight excluding hydrogens is 274 g/mol. The van der Waals surface area contributed by atoms with Crippen LogP contribution in [0.15, 0.2) is 41.1 Å². The Labute approximate surface area is 121 Å². The van der Waals surface area contributed by atoms with Gasteiger partial charge < -0.3 is 19.8 Å². The van der Waals surface area contributed by atoms with E-state index in [4.69, 9.17) is 4.42 Å². The van der Waals surface area contributed by atoms with Crippen molar-refractivity contribution in [3.05, 3.63) is 53.7 Å². The molecule has 0 bridgehead atoms. The number of rotatable bonds is 5. The van der Waals surface area contributed by atoms with Gasteiger partial charge in [-0.3, -0.25) is 9.78 Å². The third kappa shape index (κ3) is 4.34. The third-order valence-electron chi connectivity index (χ3n) is 2.68. The summed E-state index contributed by atoms with van der Waals surface area (Å²) in [7, 11) is 1.28. The van der Waals surface area contributed by atoms with E-state index >= 15 is 0 Å². The van der Waals surface area contributed by atoms with Gasteiger partial charge in [0.25, 0.3) is 5.91 Å². The molecule has 2 N–H and O–H groups in total. The van der Waals surface area contributed by atoms with Crippen molar-refractivity contribution < 1.29 is 18.7 Å². The van der Waals surface area contributed by atoms with Gasteiger partial charge in [-0.15, -0.1) is 0 Å². The maximum Gasteiger partial charge on any atom is 0.407 e. The van der Waals surface area contributed by atoms with E-state index in [1.54, 1.807) is 30.5 Å². The minimum Gasteiger partial charge on any atom is -0.467 e. The van der Waals surface area contributed by atoms with Crippen LogP contribution in [0.3, 0.4) is 0 Å². The third-order valence-corrected chi connectivity index (χ3v) is 2.68. The Morgan fingerprint density at radius 1 is 1.29 bits per heavy atom. The number of hydrogen-bond acceptors (Lipinski definition) is 5. The minimum atomic E-state index is -0.551. The predicted octanol–water partition coefficient (Wildman–Crippen LogP) is 1.46. The first-order chi connectivity index (χ1) is 10.2. The van der Waals surface area contributed by atoms with Crippen LogP contribution in [0.4, 0.5) is 4.79 Å². The maximum absolute atomic E-state index is 12.0. The summed E-state index contributed by atoms with van der Waals surface area (Å²) in [4.78, 5) is 27.1. The molecule has 0 saturated heterocycles. The van der Waals surface area contributed by atoms with Gasteiger partial charge in [0.2, 0.25) is 0 Å². The van der Waals surface area contributed by atoms with Crippen molar-refractivity contribution >= 4 is 12.0 Å². The van der Waals surface area contributed by atoms with Crippen LogP contribution < -0.4 is 10.6 Å². The van der Waals surface area contributed by atoms with Gasteiger partial charge in [-0.05, 0) is 24.3 Å². The van der Waals surface area contributed by atoms with E-state index in [0.29, 0.717) is 23.6 Å². The first-order valence-electron chi connectivity index (χ1n) is 6.26. The summed E-state index contributed by atoms with van der Waals surface area (Å²) in [5, 5.41) is 5.23. The molecule has 2 heterocycles. The molecular formula is C14H15N3O4. The highest BCUT2D eigenvalue weighted by Gasteiger charge is 2.08. The van der Waals surface area contributed by atoms with Crippen LogP contribution >= 0.6 is 0 Å². The lowest BCUT2D eigenvalue weighted by molar-refractivity contribution is 0.0948. The van der Waals surface area contributed by atoms with Gasteiger partial charge in [0.1, 0.15) is 5.76 Å². The number of methoxy groups -OCH3 is 1. The van der Waals surface area contributed by atoms with Crippen molar-refractivity contribution in [1.82, 2.24) is 15.6 Å². The van der Waals surface area contributed by atoms with E-state index in [1.807, 2.05) is 0 Å². The van der Waals surface area contributed by atoms with Gasteiger partial charge in [-0.1, -0.05) is 0 Å². The number of amides is 2. The second-order valence-corrected chi connectivity index (χ2v) is 4.14. The molecule has 0 spiro atoms. The standard InChI is InChI=1S/C14H15N3O4/c1-20-14(19)17-8-11-7-10(4-5-15-11)13(18)16-9-12-3-2-6-21-12/h2-7H,8-9H2,1H3,(H,16,18)(H,17,19).